The van der Waals surface area contributed by atoms with Gasteiger partial charge in [0, 0.05) is 24.8 Å². The van der Waals surface area contributed by atoms with Crippen molar-refractivity contribution in [2.45, 2.75) is 98.2 Å². The number of carboxylic acid groups (broad SMARTS) is 1. The molecule has 4 N–H and O–H groups in total. The number of fused-ring (bicyclic) bond motifs is 1. The average molecular weight is 543 g/mol. The maximum atomic E-state index is 10.8. The SMILES string of the molecule is C=CC1(C)CCC(=O)O1.Cc1c(C)c2c(c(C)c1O)CCC(C)(CCC(=O)O)O2.Cc1c(O)ccc(O)c1C. The van der Waals surface area contributed by atoms with E-state index in [1.165, 1.54) is 12.1 Å². The molecule has 0 radical (unpaired) electrons. The second kappa shape index (κ2) is 12.5. The first kappa shape index (κ1) is 31.5. The summed E-state index contributed by atoms with van der Waals surface area (Å²) in [5, 5.41) is 37.2. The number of cyclic esters (lactones) is 1. The van der Waals surface area contributed by atoms with Crippen molar-refractivity contribution in [3.05, 3.63) is 58.2 Å². The van der Waals surface area contributed by atoms with E-state index in [1.54, 1.807) is 19.9 Å². The fourth-order valence-corrected chi connectivity index (χ4v) is 4.49. The highest BCUT2D eigenvalue weighted by Crippen LogP contribution is 2.44. The number of benzene rings is 2. The summed E-state index contributed by atoms with van der Waals surface area (Å²) in [7, 11) is 0. The maximum Gasteiger partial charge on any atom is 0.306 e. The predicted molar refractivity (Wildman–Crippen MR) is 150 cm³/mol. The predicted octanol–water partition coefficient (Wildman–Crippen LogP) is 6.25. The molecule has 0 saturated carbocycles. The minimum absolute atomic E-state index is 0.112. The Kier molecular flexibility index (Phi) is 10.1. The van der Waals surface area contributed by atoms with Crippen LogP contribution in [0.1, 0.15) is 79.3 Å². The van der Waals surface area contributed by atoms with E-state index in [4.69, 9.17) is 24.8 Å². The first-order valence-electron chi connectivity index (χ1n) is 13.1. The molecule has 1 fully saturated rings. The van der Waals surface area contributed by atoms with Gasteiger partial charge >= 0.3 is 11.9 Å². The topological polar surface area (TPSA) is 134 Å². The van der Waals surface area contributed by atoms with E-state index in [-0.39, 0.29) is 29.5 Å². The normalized spacial score (nSPS) is 21.3. The fraction of sp³-hybridized carbons (Fsp3) is 0.484. The lowest BCUT2D eigenvalue weighted by Gasteiger charge is -2.37. The summed E-state index contributed by atoms with van der Waals surface area (Å²) in [5.41, 5.74) is 4.37. The molecule has 214 valence electrons. The van der Waals surface area contributed by atoms with Gasteiger partial charge in [-0.1, -0.05) is 6.58 Å². The van der Waals surface area contributed by atoms with Gasteiger partial charge in [-0.25, -0.2) is 0 Å². The van der Waals surface area contributed by atoms with Crippen LogP contribution in [0.25, 0.3) is 0 Å². The number of rotatable bonds is 4. The van der Waals surface area contributed by atoms with Gasteiger partial charge in [0.2, 0.25) is 0 Å². The fourth-order valence-electron chi connectivity index (χ4n) is 4.49. The molecule has 2 aromatic carbocycles. The number of hydrogen-bond acceptors (Lipinski definition) is 7. The van der Waals surface area contributed by atoms with Crippen molar-refractivity contribution in [3.8, 4) is 23.0 Å². The highest BCUT2D eigenvalue weighted by Gasteiger charge is 2.35. The van der Waals surface area contributed by atoms with Crippen LogP contribution < -0.4 is 4.74 Å². The quantitative estimate of drug-likeness (QED) is 0.202. The minimum Gasteiger partial charge on any atom is -0.508 e. The van der Waals surface area contributed by atoms with Crippen LogP contribution in [0.3, 0.4) is 0 Å². The lowest BCUT2D eigenvalue weighted by atomic mass is 9.85. The molecule has 2 heterocycles. The second-order valence-corrected chi connectivity index (χ2v) is 10.8. The molecule has 0 amide bonds. The van der Waals surface area contributed by atoms with Crippen LogP contribution in [0.2, 0.25) is 0 Å². The van der Waals surface area contributed by atoms with Crippen LogP contribution in [-0.2, 0) is 20.7 Å². The maximum absolute atomic E-state index is 10.8. The summed E-state index contributed by atoms with van der Waals surface area (Å²) in [6.07, 6.45) is 5.18. The first-order valence-corrected chi connectivity index (χ1v) is 13.1. The Bertz CT molecular complexity index is 1220. The molecule has 2 atom stereocenters. The molecule has 8 nitrogen and oxygen atoms in total. The summed E-state index contributed by atoms with van der Waals surface area (Å²) in [6, 6.07) is 2.97. The first-order chi connectivity index (χ1) is 18.0. The number of hydrogen-bond donors (Lipinski definition) is 4. The van der Waals surface area contributed by atoms with Crippen LogP contribution in [-0.4, -0.2) is 43.6 Å². The van der Waals surface area contributed by atoms with Gasteiger partial charge in [0.05, 0.1) is 0 Å². The summed E-state index contributed by atoms with van der Waals surface area (Å²) in [6.45, 7) is 16.7. The van der Waals surface area contributed by atoms with Crippen molar-refractivity contribution < 1.29 is 39.5 Å². The summed E-state index contributed by atoms with van der Waals surface area (Å²) >= 11 is 0. The van der Waals surface area contributed by atoms with Crippen molar-refractivity contribution in [2.24, 2.45) is 0 Å². The molecular weight excluding hydrogens is 500 g/mol. The Morgan fingerprint density at radius 3 is 1.90 bits per heavy atom. The van der Waals surface area contributed by atoms with Crippen LogP contribution in [0.4, 0.5) is 0 Å². The van der Waals surface area contributed by atoms with Gasteiger partial charge in [-0.15, -0.1) is 0 Å². The molecular formula is C31H42O8. The van der Waals surface area contributed by atoms with Gasteiger partial charge in [0.15, 0.2) is 0 Å². The molecule has 0 aromatic heterocycles. The molecule has 2 aromatic rings. The molecule has 0 spiro atoms. The van der Waals surface area contributed by atoms with Crippen molar-refractivity contribution in [2.75, 3.05) is 0 Å². The van der Waals surface area contributed by atoms with E-state index in [9.17, 15) is 14.7 Å². The Labute approximate surface area is 230 Å². The van der Waals surface area contributed by atoms with Gasteiger partial charge in [0.1, 0.15) is 34.2 Å². The van der Waals surface area contributed by atoms with E-state index >= 15 is 0 Å². The van der Waals surface area contributed by atoms with Crippen LogP contribution >= 0.6 is 0 Å². The number of aromatic hydroxyl groups is 3. The van der Waals surface area contributed by atoms with Gasteiger partial charge in [0.25, 0.3) is 0 Å². The third kappa shape index (κ3) is 7.68. The number of phenolic OH excluding ortho intramolecular Hbond substituents is 3. The smallest absolute Gasteiger partial charge is 0.306 e. The Balaban J connectivity index is 0.000000233. The largest absolute Gasteiger partial charge is 0.508 e. The summed E-state index contributed by atoms with van der Waals surface area (Å²) in [5.74, 6) is 0.731. The van der Waals surface area contributed by atoms with Crippen LogP contribution in [0, 0.1) is 34.6 Å². The molecule has 2 aliphatic rings. The molecule has 4 rings (SSSR count). The highest BCUT2D eigenvalue weighted by atomic mass is 16.6. The zero-order valence-electron chi connectivity index (χ0n) is 24.1. The number of aliphatic carboxylic acids is 1. The lowest BCUT2D eigenvalue weighted by Crippen LogP contribution is -2.37. The van der Waals surface area contributed by atoms with Gasteiger partial charge in [-0.2, -0.15) is 0 Å². The Morgan fingerprint density at radius 2 is 1.46 bits per heavy atom. The van der Waals surface area contributed by atoms with Crippen molar-refractivity contribution >= 4 is 11.9 Å². The third-order valence-corrected chi connectivity index (χ3v) is 7.79. The van der Waals surface area contributed by atoms with E-state index in [2.05, 4.69) is 6.58 Å². The van der Waals surface area contributed by atoms with Crippen molar-refractivity contribution in [1.82, 2.24) is 0 Å². The Hall–Kier alpha value is -3.68. The average Bonchev–Trinajstić information content (AvgIpc) is 3.25. The molecule has 39 heavy (non-hydrogen) atoms. The molecule has 2 unspecified atom stereocenters. The van der Waals surface area contributed by atoms with E-state index in [1.807, 2.05) is 34.6 Å². The highest BCUT2D eigenvalue weighted by molar-refractivity contribution is 5.72. The lowest BCUT2D eigenvalue weighted by molar-refractivity contribution is -0.144. The van der Waals surface area contributed by atoms with Gasteiger partial charge < -0.3 is 29.9 Å². The van der Waals surface area contributed by atoms with Crippen molar-refractivity contribution in [1.29, 1.82) is 0 Å². The van der Waals surface area contributed by atoms with Crippen LogP contribution in [0.5, 0.6) is 23.0 Å². The molecule has 0 bridgehead atoms. The van der Waals surface area contributed by atoms with Gasteiger partial charge in [-0.3, -0.25) is 9.59 Å². The van der Waals surface area contributed by atoms with E-state index in [0.717, 1.165) is 58.4 Å². The summed E-state index contributed by atoms with van der Waals surface area (Å²) in [4.78, 5) is 21.3. The zero-order valence-corrected chi connectivity index (χ0v) is 24.1. The second-order valence-electron chi connectivity index (χ2n) is 10.8. The molecule has 2 aliphatic heterocycles. The number of carbonyl (C=O) groups excluding carboxylic acids is 1. The summed E-state index contributed by atoms with van der Waals surface area (Å²) < 4.78 is 11.1. The molecule has 1 saturated heterocycles. The number of phenols is 3. The number of ether oxygens (including phenoxy) is 2. The standard InChI is InChI=1S/C16H22O4.C8H10O2.C7H10O2/c1-9-10(2)15-12(11(3)14(9)19)5-7-16(4,20-15)8-6-13(17)18;1-5-6(2)8(10)4-3-7(5)9;1-3-7(2)5-4-6(8)9-7/h19H,5-8H2,1-4H3,(H,17,18);3-4,9-10H,1-2H3;3H,1,4-5H2,2H3. The number of esters is 1. The number of carboxylic acids is 1. The third-order valence-electron chi connectivity index (χ3n) is 7.79. The minimum atomic E-state index is -0.796. The zero-order chi connectivity index (χ0) is 29.7. The number of carbonyl (C=O) groups is 2. The van der Waals surface area contributed by atoms with Crippen molar-refractivity contribution in [3.63, 3.8) is 0 Å². The van der Waals surface area contributed by atoms with E-state index < -0.39 is 11.6 Å². The van der Waals surface area contributed by atoms with Crippen LogP contribution in [0.15, 0.2) is 24.8 Å². The monoisotopic (exact) mass is 542 g/mol. The van der Waals surface area contributed by atoms with Gasteiger partial charge in [-0.05, 0) is 114 Å². The molecule has 8 heteroatoms. The van der Waals surface area contributed by atoms with E-state index in [0.29, 0.717) is 18.6 Å². The molecule has 0 aliphatic carbocycles. The Morgan fingerprint density at radius 1 is 0.897 bits per heavy atom.